The molecule has 3 rings (SSSR count). The van der Waals surface area contributed by atoms with E-state index in [2.05, 4.69) is 4.98 Å². The maximum absolute atomic E-state index is 14.3. The molecular weight excluding hydrogens is 350 g/mol. The summed E-state index contributed by atoms with van der Waals surface area (Å²) < 4.78 is 24.9. The fourth-order valence-electron chi connectivity index (χ4n) is 2.01. The lowest BCUT2D eigenvalue weighted by molar-refractivity contribution is -0.122. The number of nitrogens with zero attached hydrogens (tertiary/aromatic N) is 1. The molecule has 1 aliphatic heterocycles. The Morgan fingerprint density at radius 2 is 1.96 bits per heavy atom. The lowest BCUT2D eigenvalue weighted by atomic mass is 10.1. The SMILES string of the molecule is Cc1nc(-c2ccc(Cl)c3c2OCO3)c(F)c(N)c1Cl.O=CO. The number of aryl methyl sites for hydroxylation is 1. The van der Waals surface area contributed by atoms with Crippen molar-refractivity contribution in [1.29, 1.82) is 0 Å². The molecule has 0 atom stereocenters. The number of pyridine rings is 1. The molecular formula is C14H11Cl2FN2O4. The van der Waals surface area contributed by atoms with Crippen LogP contribution in [0.1, 0.15) is 5.69 Å². The van der Waals surface area contributed by atoms with Crippen molar-refractivity contribution in [3.63, 3.8) is 0 Å². The Balaban J connectivity index is 0.000000595. The summed E-state index contributed by atoms with van der Waals surface area (Å²) >= 11 is 11.9. The number of nitrogens with two attached hydrogens (primary N) is 1. The number of nitrogen functional groups attached to an aromatic ring is 1. The Morgan fingerprint density at radius 3 is 2.61 bits per heavy atom. The minimum atomic E-state index is -0.694. The number of ether oxygens (including phenoxy) is 2. The van der Waals surface area contributed by atoms with Crippen molar-refractivity contribution in [2.45, 2.75) is 6.92 Å². The summed E-state index contributed by atoms with van der Waals surface area (Å²) in [5, 5.41) is 7.38. The molecule has 2 heterocycles. The van der Waals surface area contributed by atoms with Crippen LogP contribution in [0.25, 0.3) is 11.3 Å². The van der Waals surface area contributed by atoms with Crippen molar-refractivity contribution in [2.75, 3.05) is 12.5 Å². The quantitative estimate of drug-likeness (QED) is 0.755. The second kappa shape index (κ2) is 6.89. The van der Waals surface area contributed by atoms with E-state index in [1.165, 1.54) is 0 Å². The van der Waals surface area contributed by atoms with Crippen molar-refractivity contribution in [1.82, 2.24) is 4.98 Å². The Bertz CT molecular complexity index is 771. The van der Waals surface area contributed by atoms with E-state index in [0.717, 1.165) is 0 Å². The van der Waals surface area contributed by atoms with Crippen LogP contribution in [0.5, 0.6) is 11.5 Å². The van der Waals surface area contributed by atoms with Gasteiger partial charge in [-0.25, -0.2) is 9.37 Å². The van der Waals surface area contributed by atoms with Gasteiger partial charge < -0.3 is 20.3 Å². The van der Waals surface area contributed by atoms with Crippen LogP contribution < -0.4 is 15.2 Å². The molecule has 9 heteroatoms. The Hall–Kier alpha value is -2.25. The Labute approximate surface area is 140 Å². The van der Waals surface area contributed by atoms with Gasteiger partial charge in [-0.05, 0) is 19.1 Å². The number of carbonyl (C=O) groups is 1. The molecule has 0 spiro atoms. The van der Waals surface area contributed by atoms with Gasteiger partial charge in [0.05, 0.1) is 21.4 Å². The number of carboxylic acid groups (broad SMARTS) is 1. The summed E-state index contributed by atoms with van der Waals surface area (Å²) in [6.45, 7) is 1.42. The van der Waals surface area contributed by atoms with Gasteiger partial charge >= 0.3 is 0 Å². The molecule has 6 nitrogen and oxygen atoms in total. The average molecular weight is 361 g/mol. The summed E-state index contributed by atoms with van der Waals surface area (Å²) in [6, 6.07) is 3.19. The van der Waals surface area contributed by atoms with Gasteiger partial charge in [0.25, 0.3) is 6.47 Å². The summed E-state index contributed by atoms with van der Waals surface area (Å²) in [4.78, 5) is 12.5. The second-order valence-corrected chi connectivity index (χ2v) is 5.14. The molecule has 2 aromatic rings. The van der Waals surface area contributed by atoms with Crippen LogP contribution >= 0.6 is 23.2 Å². The van der Waals surface area contributed by atoms with Crippen LogP contribution in [0.4, 0.5) is 10.1 Å². The lowest BCUT2D eigenvalue weighted by Gasteiger charge is -2.11. The third kappa shape index (κ3) is 3.11. The van der Waals surface area contributed by atoms with Crippen molar-refractivity contribution in [2.24, 2.45) is 0 Å². The summed E-state index contributed by atoms with van der Waals surface area (Å²) in [7, 11) is 0. The van der Waals surface area contributed by atoms with Crippen LogP contribution in [-0.4, -0.2) is 23.4 Å². The molecule has 0 saturated carbocycles. The summed E-state index contributed by atoms with van der Waals surface area (Å²) in [5.41, 5.74) is 6.42. The molecule has 1 aromatic heterocycles. The number of benzene rings is 1. The minimum absolute atomic E-state index is 0.0236. The first kappa shape index (κ1) is 17.1. The monoisotopic (exact) mass is 360 g/mol. The van der Waals surface area contributed by atoms with E-state index in [0.29, 0.717) is 27.8 Å². The molecule has 23 heavy (non-hydrogen) atoms. The van der Waals surface area contributed by atoms with Gasteiger partial charge in [0.15, 0.2) is 17.3 Å². The predicted octanol–water partition coefficient (Wildman–Crippen LogP) is 3.51. The number of fused-ring (bicyclic) bond motifs is 1. The zero-order valence-corrected chi connectivity index (χ0v) is 13.3. The average Bonchev–Trinajstić information content (AvgIpc) is 3.01. The molecule has 0 saturated heterocycles. The number of aromatic nitrogens is 1. The van der Waals surface area contributed by atoms with Crippen LogP contribution in [0.2, 0.25) is 10.0 Å². The molecule has 122 valence electrons. The van der Waals surface area contributed by atoms with Crippen molar-refractivity contribution < 1.29 is 23.8 Å². The predicted molar refractivity (Wildman–Crippen MR) is 83.6 cm³/mol. The van der Waals surface area contributed by atoms with Crippen LogP contribution in [0, 0.1) is 12.7 Å². The van der Waals surface area contributed by atoms with Crippen LogP contribution in [0.15, 0.2) is 12.1 Å². The highest BCUT2D eigenvalue weighted by Crippen LogP contribution is 2.46. The van der Waals surface area contributed by atoms with Crippen molar-refractivity contribution in [3.8, 4) is 22.8 Å². The Morgan fingerprint density at radius 1 is 1.35 bits per heavy atom. The maximum Gasteiger partial charge on any atom is 0.290 e. The van der Waals surface area contributed by atoms with Gasteiger partial charge in [0.1, 0.15) is 5.69 Å². The zero-order chi connectivity index (χ0) is 17.1. The van der Waals surface area contributed by atoms with Gasteiger partial charge in [-0.3, -0.25) is 4.79 Å². The van der Waals surface area contributed by atoms with Crippen molar-refractivity contribution in [3.05, 3.63) is 33.7 Å². The van der Waals surface area contributed by atoms with E-state index in [4.69, 9.17) is 48.3 Å². The Kier molecular flexibility index (Phi) is 5.12. The molecule has 0 fully saturated rings. The van der Waals surface area contributed by atoms with E-state index >= 15 is 0 Å². The van der Waals surface area contributed by atoms with Crippen molar-refractivity contribution >= 4 is 35.4 Å². The number of halogens is 3. The molecule has 0 radical (unpaired) electrons. The lowest BCUT2D eigenvalue weighted by Crippen LogP contribution is -2.01. The molecule has 3 N–H and O–H groups in total. The molecule has 0 bridgehead atoms. The third-order valence-electron chi connectivity index (χ3n) is 3.00. The highest BCUT2D eigenvalue weighted by Gasteiger charge is 2.26. The van der Waals surface area contributed by atoms with Gasteiger partial charge in [0, 0.05) is 5.56 Å². The smallest absolute Gasteiger partial charge is 0.290 e. The molecule has 0 aliphatic carbocycles. The second-order valence-electron chi connectivity index (χ2n) is 4.35. The van der Waals surface area contributed by atoms with Crippen LogP contribution in [0.3, 0.4) is 0 Å². The first-order valence-electron chi connectivity index (χ1n) is 6.19. The molecule has 0 unspecified atom stereocenters. The zero-order valence-electron chi connectivity index (χ0n) is 11.8. The maximum atomic E-state index is 14.3. The first-order chi connectivity index (χ1) is 10.9. The van der Waals surface area contributed by atoms with Crippen LogP contribution in [-0.2, 0) is 4.79 Å². The van der Waals surface area contributed by atoms with Gasteiger partial charge in [-0.2, -0.15) is 0 Å². The molecule has 1 aliphatic rings. The fourth-order valence-corrected chi connectivity index (χ4v) is 2.34. The summed E-state index contributed by atoms with van der Waals surface area (Å²) in [5.74, 6) is 0.0298. The molecule has 0 amide bonds. The number of anilines is 1. The van der Waals surface area contributed by atoms with E-state index in [9.17, 15) is 4.39 Å². The molecule has 1 aromatic carbocycles. The van der Waals surface area contributed by atoms with E-state index < -0.39 is 5.82 Å². The van der Waals surface area contributed by atoms with Gasteiger partial charge in [0.2, 0.25) is 6.79 Å². The number of hydrogen-bond donors (Lipinski definition) is 2. The standard InChI is InChI=1S/C13H9Cl2FN2O2.CH2O2/c1-5-8(15)10(17)9(16)11(18-5)6-2-3-7(14)13-12(6)19-4-20-13;2-1-3/h2-3H,4H2,1H3,(H2,17,18);1H,(H,2,3). The highest BCUT2D eigenvalue weighted by molar-refractivity contribution is 6.34. The fraction of sp³-hybridized carbons (Fsp3) is 0.143. The third-order valence-corrected chi connectivity index (χ3v) is 3.78. The summed E-state index contributed by atoms with van der Waals surface area (Å²) in [6.07, 6.45) is 0. The van der Waals surface area contributed by atoms with E-state index in [-0.39, 0.29) is 29.7 Å². The normalized spacial score (nSPS) is 11.7. The largest absolute Gasteiger partial charge is 0.483 e. The van der Waals surface area contributed by atoms with Gasteiger partial charge in [-0.15, -0.1) is 0 Å². The highest BCUT2D eigenvalue weighted by atomic mass is 35.5. The number of rotatable bonds is 1. The minimum Gasteiger partial charge on any atom is -0.483 e. The van der Waals surface area contributed by atoms with Gasteiger partial charge in [-0.1, -0.05) is 23.2 Å². The van der Waals surface area contributed by atoms with E-state index in [1.807, 2.05) is 0 Å². The van der Waals surface area contributed by atoms with E-state index in [1.54, 1.807) is 19.1 Å². The first-order valence-corrected chi connectivity index (χ1v) is 6.95. The topological polar surface area (TPSA) is 94.7 Å². The number of hydrogen-bond acceptors (Lipinski definition) is 5.